The Morgan fingerprint density at radius 2 is 0.583 bits per heavy atom. The van der Waals surface area contributed by atoms with Gasteiger partial charge in [-0.1, -0.05) is 0 Å². The fourth-order valence-electron chi connectivity index (χ4n) is 3.15. The van der Waals surface area contributed by atoms with E-state index >= 15 is 0 Å². The van der Waals surface area contributed by atoms with E-state index in [1.54, 1.807) is 0 Å². The molecular weight excluding hydrogens is 638 g/mol. The maximum atomic E-state index is 11.7. The average Bonchev–Trinajstić information content (AvgIpc) is 2.51. The van der Waals surface area contributed by atoms with Crippen LogP contribution in [0.1, 0.15) is 0 Å². The molecule has 1 aliphatic carbocycles. The minimum Gasteiger partial charge on any atom is -0.324 e. The van der Waals surface area contributed by atoms with E-state index in [1.807, 2.05) is 0 Å². The Morgan fingerprint density at radius 3 is 0.778 bits per heavy atom. The summed E-state index contributed by atoms with van der Waals surface area (Å²) < 4.78 is 90.0. The van der Waals surface area contributed by atoms with Crippen LogP contribution in [0.25, 0.3) is 0 Å². The van der Waals surface area contributed by atoms with Gasteiger partial charge in [0.25, 0.3) is 0 Å². The quantitative estimate of drug-likeness (QED) is 0.0941. The summed E-state index contributed by atoms with van der Waals surface area (Å²) in [7, 11) is -35.3. The lowest BCUT2D eigenvalue weighted by molar-refractivity contribution is -0.181. The molecule has 0 spiro atoms. The average molecular weight is 658 g/mol. The van der Waals surface area contributed by atoms with Crippen molar-refractivity contribution in [2.24, 2.45) is 5.92 Å². The summed E-state index contributed by atoms with van der Waals surface area (Å²) in [4.78, 5) is 111. The summed E-state index contributed by atoms with van der Waals surface area (Å²) in [6.45, 7) is 0. The number of rotatable bonds is 12. The Labute approximate surface area is 198 Å². The van der Waals surface area contributed by atoms with Gasteiger partial charge >= 0.3 is 46.7 Å². The summed E-state index contributed by atoms with van der Waals surface area (Å²) in [6, 6.07) is 0. The first-order chi connectivity index (χ1) is 15.6. The molecule has 29 heteroatoms. The maximum absolute atomic E-state index is 11.7. The third-order valence-corrected chi connectivity index (χ3v) is 7.37. The molecule has 36 heavy (non-hydrogen) atoms. The highest BCUT2D eigenvalue weighted by Gasteiger charge is 2.61. The molecule has 1 fully saturated rings. The van der Waals surface area contributed by atoms with Gasteiger partial charge in [0, 0.05) is 5.92 Å². The van der Waals surface area contributed by atoms with E-state index in [2.05, 4.69) is 22.6 Å². The number of phosphoric ester groups is 5. The van der Waals surface area contributed by atoms with Gasteiger partial charge in [-0.2, -0.15) is 0 Å². The third-order valence-electron chi connectivity index (χ3n) is 3.88. The summed E-state index contributed by atoms with van der Waals surface area (Å²) in [5.74, 6) is -2.64. The van der Waals surface area contributed by atoms with Gasteiger partial charge in [0.2, 0.25) is 0 Å². The Kier molecular flexibility index (Phi) is 11.3. The molecule has 0 heterocycles. The summed E-state index contributed by atoms with van der Waals surface area (Å²) >= 11 is 0. The zero-order valence-corrected chi connectivity index (χ0v) is 22.1. The van der Waals surface area contributed by atoms with Gasteiger partial charge in [-0.25, -0.2) is 22.8 Å². The second-order valence-electron chi connectivity index (χ2n) is 6.81. The highest BCUT2D eigenvalue weighted by Crippen LogP contribution is 2.58. The lowest BCUT2D eigenvalue weighted by atomic mass is 9.79. The first kappa shape index (κ1) is 34.7. The first-order valence-electron chi connectivity index (χ1n) is 8.31. The lowest BCUT2D eigenvalue weighted by Crippen LogP contribution is -2.64. The number of hydrogen-bond donors (Lipinski definition) is 12. The molecule has 0 radical (unpaired) electrons. The van der Waals surface area contributed by atoms with Crippen LogP contribution in [0.4, 0.5) is 0 Å². The van der Waals surface area contributed by atoms with Crippen molar-refractivity contribution in [3.63, 3.8) is 0 Å². The van der Waals surface area contributed by atoms with Crippen LogP contribution in [0.5, 0.6) is 0 Å². The van der Waals surface area contributed by atoms with Crippen molar-refractivity contribution in [3.8, 4) is 0 Å². The van der Waals surface area contributed by atoms with Crippen molar-refractivity contribution < 1.29 is 109 Å². The first-order valence-corrected chi connectivity index (χ1v) is 17.8. The molecule has 0 amide bonds. The van der Waals surface area contributed by atoms with E-state index in [0.29, 0.717) is 0 Å². The molecule has 1 rings (SSSR count). The fraction of sp³-hybridized carbons (Fsp3) is 1.00. The minimum absolute atomic E-state index is 1.81. The fourth-order valence-corrected chi connectivity index (χ4v) is 6.97. The highest BCUT2D eigenvalue weighted by molar-refractivity contribution is 7.51. The molecule has 4 atom stereocenters. The largest absolute Gasteiger partial charge is 0.470 e. The molecule has 216 valence electrons. The number of hydrogen-bond acceptors (Lipinski definition) is 11. The minimum atomic E-state index is -5.97. The molecule has 12 N–H and O–H groups in total. The SMILES string of the molecule is O=P(O)(O)CC1C(OP(=O)(O)O)C(OP(=O)(O)O)C(OP(=O)(O)O)C(OP(=O)(O)O)C1OP(=O)(O)O. The van der Waals surface area contributed by atoms with Crippen molar-refractivity contribution in [2.75, 3.05) is 6.16 Å². The van der Waals surface area contributed by atoms with Crippen LogP contribution in [0.15, 0.2) is 0 Å². The van der Waals surface area contributed by atoms with Crippen molar-refractivity contribution in [3.05, 3.63) is 0 Å². The zero-order chi connectivity index (χ0) is 28.7. The van der Waals surface area contributed by atoms with Gasteiger partial charge in [0.15, 0.2) is 0 Å². The van der Waals surface area contributed by atoms with Gasteiger partial charge < -0.3 is 58.7 Å². The lowest BCUT2D eigenvalue weighted by Gasteiger charge is -2.48. The molecule has 0 bridgehead atoms. The van der Waals surface area contributed by atoms with Crippen molar-refractivity contribution in [1.29, 1.82) is 0 Å². The van der Waals surface area contributed by atoms with Crippen molar-refractivity contribution in [1.82, 2.24) is 0 Å². The van der Waals surface area contributed by atoms with Crippen LogP contribution >= 0.6 is 46.7 Å². The zero-order valence-electron chi connectivity index (χ0n) is 16.7. The second-order valence-corrected chi connectivity index (χ2v) is 14.5. The van der Waals surface area contributed by atoms with Crippen LogP contribution in [-0.2, 0) is 50.0 Å². The molecule has 23 nitrogen and oxygen atoms in total. The van der Waals surface area contributed by atoms with Gasteiger partial charge in [0.1, 0.15) is 30.5 Å². The molecule has 0 aliphatic heterocycles. The van der Waals surface area contributed by atoms with Crippen molar-refractivity contribution in [2.45, 2.75) is 30.5 Å². The topological polar surface area (TPSA) is 391 Å². The molecule has 1 saturated carbocycles. The Hall–Kier alpha value is 0.700. The second kappa shape index (κ2) is 11.7. The highest BCUT2D eigenvalue weighted by atomic mass is 31.2. The maximum Gasteiger partial charge on any atom is 0.470 e. The Morgan fingerprint density at radius 1 is 0.389 bits per heavy atom. The van der Waals surface area contributed by atoms with E-state index in [9.17, 15) is 76.3 Å². The van der Waals surface area contributed by atoms with Crippen LogP contribution in [0.3, 0.4) is 0 Å². The van der Waals surface area contributed by atoms with Gasteiger partial charge in [-0.15, -0.1) is 0 Å². The normalized spacial score (nSPS) is 29.3. The molecule has 0 saturated heterocycles. The summed E-state index contributed by atoms with van der Waals surface area (Å²) in [5, 5.41) is 0. The summed E-state index contributed by atoms with van der Waals surface area (Å²) in [5.41, 5.74) is 0. The predicted octanol–water partition coefficient (Wildman–Crippen LogP) is -2.82. The standard InChI is InChI=1S/C7H20O23P6/c8-31(9,10)1-2-3(26-32(11,12)13)5(28-34(17,18)19)7(30-36(23,24)25)6(29-35(20,21)22)4(2)27-33(14,15)16/h2-7H,1H2,(H2,8,9,10)(H2,11,12,13)(H2,14,15,16)(H2,17,18,19)(H2,20,21,22)(H2,23,24,25). The van der Waals surface area contributed by atoms with Gasteiger partial charge in [-0.3, -0.25) is 27.2 Å². The molecule has 0 aromatic carbocycles. The molecule has 0 aromatic heterocycles. The third kappa shape index (κ3) is 13.2. The van der Waals surface area contributed by atoms with E-state index in [1.165, 1.54) is 0 Å². The molecule has 4 unspecified atom stereocenters. The Bertz CT molecular complexity index is 820. The monoisotopic (exact) mass is 658 g/mol. The van der Waals surface area contributed by atoms with E-state index in [0.717, 1.165) is 0 Å². The van der Waals surface area contributed by atoms with Crippen LogP contribution in [0.2, 0.25) is 0 Å². The van der Waals surface area contributed by atoms with Crippen molar-refractivity contribution >= 4 is 46.7 Å². The predicted molar refractivity (Wildman–Crippen MR) is 105 cm³/mol. The van der Waals surface area contributed by atoms with E-state index < -0.39 is 89.3 Å². The van der Waals surface area contributed by atoms with Crippen LogP contribution < -0.4 is 0 Å². The van der Waals surface area contributed by atoms with E-state index in [-0.39, 0.29) is 0 Å². The van der Waals surface area contributed by atoms with Gasteiger partial charge in [-0.05, 0) is 0 Å². The summed E-state index contributed by atoms with van der Waals surface area (Å²) in [6.07, 6.45) is -16.8. The smallest absolute Gasteiger partial charge is 0.324 e. The molecule has 0 aromatic rings. The Balaban J connectivity index is 4.04. The van der Waals surface area contributed by atoms with Crippen LogP contribution in [-0.4, -0.2) is 95.4 Å². The van der Waals surface area contributed by atoms with E-state index in [4.69, 9.17) is 9.79 Å². The van der Waals surface area contributed by atoms with Crippen LogP contribution in [0, 0.1) is 5.92 Å². The molecule has 1 aliphatic rings. The van der Waals surface area contributed by atoms with Gasteiger partial charge in [0.05, 0.1) is 6.16 Å². The molecular formula is C7H20O23P6. The number of phosphoric acid groups is 5.